The lowest BCUT2D eigenvalue weighted by Crippen LogP contribution is -2.45. The summed E-state index contributed by atoms with van der Waals surface area (Å²) in [4.78, 5) is 14.3. The number of rotatable bonds is 2. The molecule has 20 heavy (non-hydrogen) atoms. The fourth-order valence-corrected chi connectivity index (χ4v) is 3.53. The number of nitrogens with two attached hydrogens (primary N) is 1. The number of benzene rings is 1. The van der Waals surface area contributed by atoms with Crippen LogP contribution in [0.1, 0.15) is 44.7 Å². The Bertz CT molecular complexity index is 507. The lowest BCUT2D eigenvalue weighted by molar-refractivity contribution is -0.135. The van der Waals surface area contributed by atoms with Crippen molar-refractivity contribution in [2.24, 2.45) is 5.73 Å². The summed E-state index contributed by atoms with van der Waals surface area (Å²) in [5.74, 6) is 0.171. The lowest BCUT2D eigenvalue weighted by atomic mass is 9.95. The molecule has 2 rings (SSSR count). The van der Waals surface area contributed by atoms with Crippen LogP contribution < -0.4 is 5.73 Å². The molecule has 0 spiro atoms. The van der Waals surface area contributed by atoms with Crippen molar-refractivity contribution in [2.75, 3.05) is 0 Å². The minimum atomic E-state index is -0.127. The maximum absolute atomic E-state index is 12.4. The van der Waals surface area contributed by atoms with Crippen LogP contribution in [0.2, 0.25) is 5.02 Å². The molecule has 2 N–H and O–H groups in total. The highest BCUT2D eigenvalue weighted by Crippen LogP contribution is 2.36. The Hall–Kier alpha value is -0.580. The van der Waals surface area contributed by atoms with Gasteiger partial charge in [-0.3, -0.25) is 4.79 Å². The van der Waals surface area contributed by atoms with Gasteiger partial charge in [-0.25, -0.2) is 0 Å². The Kier molecular flexibility index (Phi) is 5.10. The number of carbonyl (C=O) groups excluding carboxylic acids is 1. The molecule has 1 aliphatic heterocycles. The molecule has 1 amide bonds. The van der Waals surface area contributed by atoms with Crippen molar-refractivity contribution in [2.45, 2.75) is 51.2 Å². The third-order valence-corrected chi connectivity index (χ3v) is 4.71. The van der Waals surface area contributed by atoms with Crippen molar-refractivity contribution in [1.29, 1.82) is 0 Å². The SMILES string of the molecule is CC(C)N1C(=O)CCCC(N)C1c1cc(Cl)ccc1Br. The average molecular weight is 360 g/mol. The Morgan fingerprint density at radius 1 is 1.45 bits per heavy atom. The first-order valence-corrected chi connectivity index (χ1v) is 8.10. The van der Waals surface area contributed by atoms with Gasteiger partial charge < -0.3 is 10.6 Å². The summed E-state index contributed by atoms with van der Waals surface area (Å²) >= 11 is 9.69. The molecule has 0 saturated carbocycles. The van der Waals surface area contributed by atoms with E-state index in [-0.39, 0.29) is 24.0 Å². The third-order valence-electron chi connectivity index (χ3n) is 3.75. The van der Waals surface area contributed by atoms with Crippen molar-refractivity contribution < 1.29 is 4.79 Å². The maximum atomic E-state index is 12.4. The molecular formula is C15H20BrClN2O. The molecule has 1 fully saturated rings. The number of carbonyl (C=O) groups is 1. The molecule has 0 bridgehead atoms. The molecule has 5 heteroatoms. The van der Waals surface area contributed by atoms with Crippen molar-refractivity contribution in [3.05, 3.63) is 33.3 Å². The molecule has 1 aliphatic rings. The highest BCUT2D eigenvalue weighted by Gasteiger charge is 2.35. The van der Waals surface area contributed by atoms with E-state index in [0.29, 0.717) is 11.4 Å². The lowest BCUT2D eigenvalue weighted by Gasteiger charge is -2.37. The Morgan fingerprint density at radius 3 is 2.80 bits per heavy atom. The second-order valence-corrected chi connectivity index (χ2v) is 6.85. The zero-order chi connectivity index (χ0) is 14.9. The second-order valence-electron chi connectivity index (χ2n) is 5.56. The Balaban J connectivity index is 2.51. The number of nitrogens with zero attached hydrogens (tertiary/aromatic N) is 1. The summed E-state index contributed by atoms with van der Waals surface area (Å²) in [5.41, 5.74) is 7.36. The number of amides is 1. The molecule has 1 heterocycles. The fourth-order valence-electron chi connectivity index (χ4n) is 2.87. The van der Waals surface area contributed by atoms with Gasteiger partial charge in [-0.2, -0.15) is 0 Å². The van der Waals surface area contributed by atoms with Gasteiger partial charge in [0, 0.05) is 28.0 Å². The standard InChI is InChI=1S/C15H20BrClN2O/c1-9(2)19-14(20)5-3-4-13(18)15(19)11-8-10(17)6-7-12(11)16/h6-9,13,15H,3-5,18H2,1-2H3. The molecule has 1 saturated heterocycles. The van der Waals surface area contributed by atoms with E-state index in [4.69, 9.17) is 17.3 Å². The first-order valence-electron chi connectivity index (χ1n) is 6.93. The molecule has 110 valence electrons. The number of hydrogen-bond donors (Lipinski definition) is 1. The molecule has 1 aromatic carbocycles. The Morgan fingerprint density at radius 2 is 2.15 bits per heavy atom. The summed E-state index contributed by atoms with van der Waals surface area (Å²) < 4.78 is 0.947. The average Bonchev–Trinajstić information content (AvgIpc) is 2.51. The molecule has 2 unspecified atom stereocenters. The minimum Gasteiger partial charge on any atom is -0.332 e. The van der Waals surface area contributed by atoms with Gasteiger partial charge in [-0.1, -0.05) is 27.5 Å². The zero-order valence-electron chi connectivity index (χ0n) is 11.8. The van der Waals surface area contributed by atoms with Crippen molar-refractivity contribution >= 4 is 33.4 Å². The van der Waals surface area contributed by atoms with Crippen LogP contribution in [-0.2, 0) is 4.79 Å². The van der Waals surface area contributed by atoms with Crippen LogP contribution in [-0.4, -0.2) is 22.9 Å². The first kappa shape index (κ1) is 15.8. The minimum absolute atomic E-state index is 0.0707. The number of halogens is 2. The normalized spacial score (nSPS) is 24.1. The molecule has 3 nitrogen and oxygen atoms in total. The zero-order valence-corrected chi connectivity index (χ0v) is 14.1. The molecule has 0 aromatic heterocycles. The van der Waals surface area contributed by atoms with E-state index in [1.54, 1.807) is 0 Å². The predicted molar refractivity (Wildman–Crippen MR) is 85.7 cm³/mol. The summed E-state index contributed by atoms with van der Waals surface area (Å²) in [6, 6.07) is 5.57. The highest BCUT2D eigenvalue weighted by atomic mass is 79.9. The largest absolute Gasteiger partial charge is 0.332 e. The van der Waals surface area contributed by atoms with Gasteiger partial charge >= 0.3 is 0 Å². The molecule has 2 atom stereocenters. The summed E-state index contributed by atoms with van der Waals surface area (Å²) in [6.45, 7) is 4.06. The molecular weight excluding hydrogens is 340 g/mol. The summed E-state index contributed by atoms with van der Waals surface area (Å²) in [5, 5.41) is 0.663. The van der Waals surface area contributed by atoms with Crippen LogP contribution in [0.3, 0.4) is 0 Å². The highest BCUT2D eigenvalue weighted by molar-refractivity contribution is 9.10. The van der Waals surface area contributed by atoms with Gasteiger partial charge in [0.1, 0.15) is 0 Å². The Labute approximate surface area is 133 Å². The molecule has 0 aliphatic carbocycles. The van der Waals surface area contributed by atoms with Crippen LogP contribution in [0.15, 0.2) is 22.7 Å². The van der Waals surface area contributed by atoms with Crippen molar-refractivity contribution in [1.82, 2.24) is 4.90 Å². The van der Waals surface area contributed by atoms with Crippen molar-refractivity contribution in [3.8, 4) is 0 Å². The van der Waals surface area contributed by atoms with E-state index >= 15 is 0 Å². The smallest absolute Gasteiger partial charge is 0.223 e. The van der Waals surface area contributed by atoms with Gasteiger partial charge in [-0.15, -0.1) is 0 Å². The molecule has 0 radical (unpaired) electrons. The van der Waals surface area contributed by atoms with Gasteiger partial charge in [0.25, 0.3) is 0 Å². The van der Waals surface area contributed by atoms with Crippen LogP contribution in [0.5, 0.6) is 0 Å². The van der Waals surface area contributed by atoms with Crippen LogP contribution in [0, 0.1) is 0 Å². The van der Waals surface area contributed by atoms with Crippen LogP contribution >= 0.6 is 27.5 Å². The van der Waals surface area contributed by atoms with Crippen molar-refractivity contribution in [3.63, 3.8) is 0 Å². The van der Waals surface area contributed by atoms with E-state index in [9.17, 15) is 4.79 Å². The third kappa shape index (κ3) is 3.18. The van der Waals surface area contributed by atoms with Gasteiger partial charge in [0.2, 0.25) is 5.91 Å². The monoisotopic (exact) mass is 358 g/mol. The van der Waals surface area contributed by atoms with Gasteiger partial charge in [0.15, 0.2) is 0 Å². The van der Waals surface area contributed by atoms with Crippen LogP contribution in [0.4, 0.5) is 0 Å². The number of likely N-dealkylation sites (tertiary alicyclic amines) is 1. The number of hydrogen-bond acceptors (Lipinski definition) is 2. The summed E-state index contributed by atoms with van der Waals surface area (Å²) in [6.07, 6.45) is 2.26. The van der Waals surface area contributed by atoms with E-state index in [1.807, 2.05) is 36.9 Å². The first-order chi connectivity index (χ1) is 9.41. The van der Waals surface area contributed by atoms with Crippen LogP contribution in [0.25, 0.3) is 0 Å². The van der Waals surface area contributed by atoms with E-state index in [1.165, 1.54) is 0 Å². The second kappa shape index (κ2) is 6.46. The maximum Gasteiger partial charge on any atom is 0.223 e. The van der Waals surface area contributed by atoms with Gasteiger partial charge in [-0.05, 0) is 50.5 Å². The fraction of sp³-hybridized carbons (Fsp3) is 0.533. The topological polar surface area (TPSA) is 46.3 Å². The van der Waals surface area contributed by atoms with E-state index in [0.717, 1.165) is 22.9 Å². The predicted octanol–water partition coefficient (Wildman–Crippen LogP) is 3.89. The van der Waals surface area contributed by atoms with E-state index < -0.39 is 0 Å². The molecule has 1 aromatic rings. The van der Waals surface area contributed by atoms with Gasteiger partial charge in [0.05, 0.1) is 6.04 Å². The summed E-state index contributed by atoms with van der Waals surface area (Å²) in [7, 11) is 0. The van der Waals surface area contributed by atoms with E-state index in [2.05, 4.69) is 15.9 Å². The quantitative estimate of drug-likeness (QED) is 0.870.